The smallest absolute Gasteiger partial charge is 0.162 e. The molecule has 16 heavy (non-hydrogen) atoms. The summed E-state index contributed by atoms with van der Waals surface area (Å²) in [7, 11) is 3.20. The number of hydrogen-bond donors (Lipinski definition) is 1. The normalized spacial score (nSPS) is 18.2. The highest BCUT2D eigenvalue weighted by atomic mass is 35.5. The van der Waals surface area contributed by atoms with E-state index in [-0.39, 0.29) is 5.50 Å². The van der Waals surface area contributed by atoms with Gasteiger partial charge in [-0.15, -0.1) is 0 Å². The number of ether oxygens (including phenoxy) is 2. The second-order valence-corrected chi connectivity index (χ2v) is 3.88. The second kappa shape index (κ2) is 4.22. The molecule has 0 unspecified atom stereocenters. The number of benzene rings is 1. The maximum atomic E-state index is 6.14. The first-order valence-electron chi connectivity index (χ1n) is 4.87. The number of nitrogens with zero attached hydrogens (tertiary/aromatic N) is 1. The largest absolute Gasteiger partial charge is 0.493 e. The first-order valence-corrected chi connectivity index (χ1v) is 5.30. The number of hydrogen-bond acceptors (Lipinski definition) is 4. The zero-order valence-corrected chi connectivity index (χ0v) is 10.1. The lowest BCUT2D eigenvalue weighted by Gasteiger charge is -2.21. The molecule has 0 saturated carbocycles. The van der Waals surface area contributed by atoms with Crippen molar-refractivity contribution in [1.82, 2.24) is 0 Å². The van der Waals surface area contributed by atoms with Crippen molar-refractivity contribution in [2.24, 2.45) is 4.99 Å². The highest BCUT2D eigenvalue weighted by Gasteiger charge is 2.20. The van der Waals surface area contributed by atoms with Gasteiger partial charge in [0.15, 0.2) is 17.0 Å². The minimum atomic E-state index is -0.379. The molecule has 0 bridgehead atoms. The second-order valence-electron chi connectivity index (χ2n) is 3.47. The van der Waals surface area contributed by atoms with Crippen molar-refractivity contribution in [3.05, 3.63) is 17.7 Å². The number of methoxy groups -OCH3 is 2. The van der Waals surface area contributed by atoms with E-state index in [9.17, 15) is 0 Å². The predicted octanol–water partition coefficient (Wildman–Crippen LogP) is 2.79. The molecule has 0 amide bonds. The molecule has 1 heterocycles. The fraction of sp³-hybridized carbons (Fsp3) is 0.364. The molecule has 0 spiro atoms. The maximum Gasteiger partial charge on any atom is 0.162 e. The van der Waals surface area contributed by atoms with E-state index in [1.807, 2.05) is 19.1 Å². The number of fused-ring (bicyclic) bond motifs is 1. The third-order valence-corrected chi connectivity index (χ3v) is 2.77. The number of nitrogens with one attached hydrogen (secondary N) is 1. The number of alkyl halides is 1. The van der Waals surface area contributed by atoms with Crippen LogP contribution in [0.2, 0.25) is 0 Å². The van der Waals surface area contributed by atoms with Crippen LogP contribution in [0.3, 0.4) is 0 Å². The van der Waals surface area contributed by atoms with Crippen molar-refractivity contribution in [2.75, 3.05) is 19.5 Å². The van der Waals surface area contributed by atoms with Crippen LogP contribution in [0.15, 0.2) is 17.1 Å². The van der Waals surface area contributed by atoms with Crippen LogP contribution in [-0.4, -0.2) is 20.1 Å². The zero-order chi connectivity index (χ0) is 11.7. The van der Waals surface area contributed by atoms with Crippen LogP contribution < -0.4 is 14.8 Å². The van der Waals surface area contributed by atoms with E-state index < -0.39 is 0 Å². The van der Waals surface area contributed by atoms with E-state index in [0.717, 1.165) is 17.1 Å². The van der Waals surface area contributed by atoms with E-state index in [4.69, 9.17) is 21.1 Å². The van der Waals surface area contributed by atoms with Crippen molar-refractivity contribution < 1.29 is 9.47 Å². The third-order valence-electron chi connectivity index (χ3n) is 2.43. The first kappa shape index (κ1) is 11.1. The molecule has 1 aromatic rings. The van der Waals surface area contributed by atoms with E-state index in [2.05, 4.69) is 10.3 Å². The molecular weight excluding hydrogens is 228 g/mol. The van der Waals surface area contributed by atoms with Gasteiger partial charge in [0.2, 0.25) is 0 Å². The van der Waals surface area contributed by atoms with Crippen LogP contribution in [0.4, 0.5) is 5.69 Å². The van der Waals surface area contributed by atoms with Gasteiger partial charge in [-0.3, -0.25) is 0 Å². The van der Waals surface area contributed by atoms with E-state index >= 15 is 0 Å². The predicted molar refractivity (Wildman–Crippen MR) is 64.9 cm³/mol. The molecule has 0 saturated heterocycles. The number of aliphatic imine (C=N–C) groups is 1. The van der Waals surface area contributed by atoms with Crippen molar-refractivity contribution in [1.29, 1.82) is 0 Å². The molecule has 1 aliphatic rings. The van der Waals surface area contributed by atoms with E-state index in [1.54, 1.807) is 14.2 Å². The Bertz CT molecular complexity index is 446. The minimum Gasteiger partial charge on any atom is -0.493 e. The number of halogens is 1. The number of rotatable bonds is 2. The maximum absolute atomic E-state index is 6.14. The SMILES string of the molecule is COc1cc2c(cc1OC)[C@H](Cl)N=C(C)N2. The first-order chi connectivity index (χ1) is 7.65. The van der Waals surface area contributed by atoms with Crippen molar-refractivity contribution in [2.45, 2.75) is 12.4 Å². The standard InChI is InChI=1S/C11H13ClN2O2/c1-6-13-8-5-10(16-3)9(15-2)4-7(8)11(12)14-6/h4-5,11H,1-3H3,(H,13,14)/t11-/m1/s1. The van der Waals surface area contributed by atoms with Gasteiger partial charge < -0.3 is 14.8 Å². The molecule has 0 aliphatic carbocycles. The van der Waals surface area contributed by atoms with Crippen LogP contribution in [0.25, 0.3) is 0 Å². The Balaban J connectivity index is 2.51. The van der Waals surface area contributed by atoms with Crippen LogP contribution in [0, 0.1) is 0 Å². The average molecular weight is 241 g/mol. The summed E-state index contributed by atoms with van der Waals surface area (Å²) in [6, 6.07) is 3.70. The molecule has 4 nitrogen and oxygen atoms in total. The Kier molecular flexibility index (Phi) is 2.92. The van der Waals surface area contributed by atoms with E-state index in [1.165, 1.54) is 0 Å². The molecule has 5 heteroatoms. The van der Waals surface area contributed by atoms with Gasteiger partial charge >= 0.3 is 0 Å². The van der Waals surface area contributed by atoms with Crippen molar-refractivity contribution in [3.8, 4) is 11.5 Å². The van der Waals surface area contributed by atoms with Gasteiger partial charge in [0.1, 0.15) is 0 Å². The monoisotopic (exact) mass is 240 g/mol. The average Bonchev–Trinajstić information content (AvgIpc) is 2.27. The summed E-state index contributed by atoms with van der Waals surface area (Å²) in [6.07, 6.45) is 0. The van der Waals surface area contributed by atoms with Gasteiger partial charge in [-0.1, -0.05) is 11.6 Å². The van der Waals surface area contributed by atoms with Crippen molar-refractivity contribution in [3.63, 3.8) is 0 Å². The molecule has 0 aromatic heterocycles. The van der Waals surface area contributed by atoms with Gasteiger partial charge in [-0.25, -0.2) is 4.99 Å². The van der Waals surface area contributed by atoms with Gasteiger partial charge in [0.25, 0.3) is 0 Å². The lowest BCUT2D eigenvalue weighted by molar-refractivity contribution is 0.354. The Morgan fingerprint density at radius 2 is 1.88 bits per heavy atom. The topological polar surface area (TPSA) is 42.9 Å². The Labute approximate surface area is 99.2 Å². The summed E-state index contributed by atoms with van der Waals surface area (Å²) >= 11 is 6.14. The van der Waals surface area contributed by atoms with Gasteiger partial charge in [0, 0.05) is 17.3 Å². The van der Waals surface area contributed by atoms with Crippen LogP contribution in [0.1, 0.15) is 18.0 Å². The number of anilines is 1. The molecule has 1 aliphatic heterocycles. The molecule has 1 N–H and O–H groups in total. The zero-order valence-electron chi connectivity index (χ0n) is 9.37. The molecule has 2 rings (SSSR count). The fourth-order valence-electron chi connectivity index (χ4n) is 1.67. The van der Waals surface area contributed by atoms with Gasteiger partial charge in [-0.2, -0.15) is 0 Å². The summed E-state index contributed by atoms with van der Waals surface area (Å²) in [4.78, 5) is 4.23. The number of amidine groups is 1. The Hall–Kier alpha value is -1.42. The highest BCUT2D eigenvalue weighted by molar-refractivity contribution is 6.22. The summed E-state index contributed by atoms with van der Waals surface area (Å²) in [5, 5.41) is 3.15. The molecular formula is C11H13ClN2O2. The molecule has 1 aromatic carbocycles. The lowest BCUT2D eigenvalue weighted by Crippen LogP contribution is -2.15. The van der Waals surface area contributed by atoms with Crippen molar-refractivity contribution >= 4 is 23.1 Å². The summed E-state index contributed by atoms with van der Waals surface area (Å²) in [5.41, 5.74) is 1.42. The van der Waals surface area contributed by atoms with Gasteiger partial charge in [-0.05, 0) is 13.0 Å². The van der Waals surface area contributed by atoms with Crippen LogP contribution in [-0.2, 0) is 0 Å². The summed E-state index contributed by atoms with van der Waals surface area (Å²) in [5.74, 6) is 2.12. The Morgan fingerprint density at radius 1 is 1.25 bits per heavy atom. The third kappa shape index (κ3) is 1.80. The molecule has 86 valence electrons. The summed E-state index contributed by atoms with van der Waals surface area (Å²) < 4.78 is 10.4. The highest BCUT2D eigenvalue weighted by Crippen LogP contribution is 2.40. The quantitative estimate of drug-likeness (QED) is 0.639. The lowest BCUT2D eigenvalue weighted by atomic mass is 10.1. The Morgan fingerprint density at radius 3 is 2.50 bits per heavy atom. The molecule has 0 fully saturated rings. The van der Waals surface area contributed by atoms with Crippen LogP contribution in [0.5, 0.6) is 11.5 Å². The van der Waals surface area contributed by atoms with Crippen LogP contribution >= 0.6 is 11.6 Å². The molecule has 0 radical (unpaired) electrons. The van der Waals surface area contributed by atoms with E-state index in [0.29, 0.717) is 11.5 Å². The minimum absolute atomic E-state index is 0.379. The fourth-order valence-corrected chi connectivity index (χ4v) is 1.99. The van der Waals surface area contributed by atoms with Gasteiger partial charge in [0.05, 0.1) is 20.1 Å². The summed E-state index contributed by atoms with van der Waals surface area (Å²) in [6.45, 7) is 1.87. The molecule has 1 atom stereocenters.